The van der Waals surface area contributed by atoms with Crippen molar-refractivity contribution < 1.29 is 32.7 Å². The second-order valence-electron chi connectivity index (χ2n) is 10.6. The van der Waals surface area contributed by atoms with Gasteiger partial charge in [-0.1, -0.05) is 30.3 Å². The van der Waals surface area contributed by atoms with Gasteiger partial charge < -0.3 is 24.3 Å². The second-order valence-corrected chi connectivity index (χ2v) is 13.1. The van der Waals surface area contributed by atoms with Crippen LogP contribution in [-0.2, 0) is 24.0 Å². The molecule has 6 rings (SSSR count). The monoisotopic (exact) mass is 555 g/mol. The van der Waals surface area contributed by atoms with Crippen LogP contribution in [0.5, 0.6) is 5.88 Å². The fourth-order valence-electron chi connectivity index (χ4n) is 5.43. The molecule has 206 valence electrons. The molecule has 3 aromatic rings. The van der Waals surface area contributed by atoms with Gasteiger partial charge in [0.25, 0.3) is 5.91 Å². The number of fused-ring (bicyclic) bond motifs is 2. The molecule has 4 heterocycles. The molecule has 0 bridgehead atoms. The first-order valence-corrected chi connectivity index (χ1v) is 15.3. The third-order valence-electron chi connectivity index (χ3n) is 7.39. The number of rotatable bonds is 5. The number of hydrogen-bond acceptors (Lipinski definition) is 7. The van der Waals surface area contributed by atoms with Crippen molar-refractivity contribution in [3.05, 3.63) is 53.9 Å². The number of benzene rings is 1. The SMILES string of the molecule is CS(C)(=O)=NC(=O)C1CC=C(c2ccc(-c3nc4cc(O[C@@H]5CO[C@H]6[C@@H]5OC[C@H]6O)[nH]c4cc3F)cc2)CC1. The molecular weight excluding hydrogens is 525 g/mol. The maximum absolute atomic E-state index is 15.1. The van der Waals surface area contributed by atoms with Crippen LogP contribution in [-0.4, -0.2) is 75.3 Å². The summed E-state index contributed by atoms with van der Waals surface area (Å²) in [7, 11) is -2.46. The number of aliphatic hydroxyl groups excluding tert-OH is 1. The quantitative estimate of drug-likeness (QED) is 0.492. The van der Waals surface area contributed by atoms with Gasteiger partial charge in [0.15, 0.2) is 17.8 Å². The summed E-state index contributed by atoms with van der Waals surface area (Å²) in [5.74, 6) is -0.565. The van der Waals surface area contributed by atoms with E-state index in [0.29, 0.717) is 48.3 Å². The molecule has 1 amide bonds. The van der Waals surface area contributed by atoms with E-state index >= 15 is 4.39 Å². The smallest absolute Gasteiger partial charge is 0.257 e. The first-order valence-electron chi connectivity index (χ1n) is 12.9. The second kappa shape index (κ2) is 10.1. The lowest BCUT2D eigenvalue weighted by atomic mass is 9.86. The number of allylic oxidation sites excluding steroid dienone is 2. The van der Waals surface area contributed by atoms with Crippen LogP contribution in [0, 0.1) is 11.7 Å². The van der Waals surface area contributed by atoms with Gasteiger partial charge in [0.05, 0.1) is 24.2 Å². The number of pyridine rings is 1. The van der Waals surface area contributed by atoms with Crippen molar-refractivity contribution in [3.8, 4) is 17.1 Å². The number of nitrogens with zero attached hydrogens (tertiary/aromatic N) is 2. The third kappa shape index (κ3) is 5.36. The Morgan fingerprint density at radius 3 is 2.62 bits per heavy atom. The number of aliphatic hydroxyl groups is 1. The number of aromatic nitrogens is 2. The van der Waals surface area contributed by atoms with Crippen molar-refractivity contribution in [3.63, 3.8) is 0 Å². The molecule has 2 fully saturated rings. The van der Waals surface area contributed by atoms with Crippen LogP contribution >= 0.6 is 0 Å². The van der Waals surface area contributed by atoms with E-state index in [1.54, 1.807) is 6.07 Å². The maximum Gasteiger partial charge on any atom is 0.257 e. The molecule has 0 radical (unpaired) electrons. The summed E-state index contributed by atoms with van der Waals surface area (Å²) >= 11 is 0. The molecule has 11 heteroatoms. The Morgan fingerprint density at radius 1 is 1.15 bits per heavy atom. The van der Waals surface area contributed by atoms with E-state index in [1.807, 2.05) is 30.3 Å². The summed E-state index contributed by atoms with van der Waals surface area (Å²) in [6, 6.07) is 10.7. The number of carbonyl (C=O) groups is 1. The summed E-state index contributed by atoms with van der Waals surface area (Å²) in [4.78, 5) is 19.9. The molecule has 0 saturated carbocycles. The van der Waals surface area contributed by atoms with Crippen LogP contribution in [0.2, 0.25) is 0 Å². The van der Waals surface area contributed by atoms with Crippen molar-refractivity contribution in [1.29, 1.82) is 0 Å². The average molecular weight is 556 g/mol. The predicted molar refractivity (Wildman–Crippen MR) is 144 cm³/mol. The average Bonchev–Trinajstić information content (AvgIpc) is 3.59. The highest BCUT2D eigenvalue weighted by Crippen LogP contribution is 2.34. The summed E-state index contributed by atoms with van der Waals surface area (Å²) in [5.41, 5.74) is 4.08. The first kappa shape index (κ1) is 26.1. The third-order valence-corrected chi connectivity index (χ3v) is 8.01. The lowest BCUT2D eigenvalue weighted by Crippen LogP contribution is -2.34. The number of amides is 1. The summed E-state index contributed by atoms with van der Waals surface area (Å²) in [6.45, 7) is 0.509. The molecule has 39 heavy (non-hydrogen) atoms. The molecule has 1 aromatic carbocycles. The number of halogens is 1. The van der Waals surface area contributed by atoms with E-state index in [9.17, 15) is 14.1 Å². The van der Waals surface area contributed by atoms with E-state index < -0.39 is 27.8 Å². The molecule has 5 atom stereocenters. The molecule has 2 saturated heterocycles. The fraction of sp³-hybridized carbons (Fsp3) is 0.429. The van der Waals surface area contributed by atoms with E-state index in [4.69, 9.17) is 14.2 Å². The lowest BCUT2D eigenvalue weighted by Gasteiger charge is -2.19. The zero-order valence-corrected chi connectivity index (χ0v) is 22.4. The molecule has 3 aliphatic rings. The van der Waals surface area contributed by atoms with Gasteiger partial charge >= 0.3 is 0 Å². The maximum atomic E-state index is 15.1. The van der Waals surface area contributed by atoms with Crippen molar-refractivity contribution in [2.45, 2.75) is 43.7 Å². The Hall–Kier alpha value is -3.12. The fourth-order valence-corrected chi connectivity index (χ4v) is 6.02. The van der Waals surface area contributed by atoms with Crippen molar-refractivity contribution >= 4 is 32.2 Å². The summed E-state index contributed by atoms with van der Waals surface area (Å²) in [6.07, 6.45) is 5.09. The standard InChI is InChI=1S/C28H30FN3O6S/c1-39(2,35)32-28(34)18-9-5-16(6-10-18)15-3-7-17(8-4-15)25-19(29)11-20-21(31-25)12-24(30-20)38-23-14-37-26-22(33)13-36-27(23)26/h3-5,7-8,11-12,18,22-23,26-27,30,33H,6,9-10,13-14H2,1-2H3/t18?,22-,23-,26-,27-/m1/s1. The largest absolute Gasteiger partial charge is 0.470 e. The molecule has 2 aromatic heterocycles. The Bertz CT molecular complexity index is 1570. The van der Waals surface area contributed by atoms with Gasteiger partial charge in [0.1, 0.15) is 24.0 Å². The van der Waals surface area contributed by atoms with E-state index in [-0.39, 0.29) is 36.3 Å². The van der Waals surface area contributed by atoms with Gasteiger partial charge in [0, 0.05) is 45.9 Å². The topological polar surface area (TPSA) is 123 Å². The molecule has 0 spiro atoms. The Labute approximate surface area is 225 Å². The highest BCUT2D eigenvalue weighted by molar-refractivity contribution is 7.92. The predicted octanol–water partition coefficient (Wildman–Crippen LogP) is 3.71. The number of aromatic amines is 1. The number of H-pyrrole nitrogens is 1. The normalized spacial score (nSPS) is 26.9. The molecule has 1 unspecified atom stereocenters. The molecular formula is C28H30FN3O6S. The molecule has 1 aliphatic carbocycles. The van der Waals surface area contributed by atoms with Gasteiger partial charge in [-0.05, 0) is 30.4 Å². The zero-order chi connectivity index (χ0) is 27.3. The van der Waals surface area contributed by atoms with Gasteiger partial charge in [-0.15, -0.1) is 0 Å². The van der Waals surface area contributed by atoms with E-state index in [0.717, 1.165) is 11.1 Å². The van der Waals surface area contributed by atoms with Crippen molar-refractivity contribution in [2.24, 2.45) is 10.3 Å². The highest BCUT2D eigenvalue weighted by Gasteiger charge is 2.48. The number of carbonyl (C=O) groups excluding carboxylic acids is 1. The van der Waals surface area contributed by atoms with Gasteiger partial charge in [-0.25, -0.2) is 13.6 Å². The van der Waals surface area contributed by atoms with Gasteiger partial charge in [-0.3, -0.25) is 4.79 Å². The van der Waals surface area contributed by atoms with Crippen molar-refractivity contribution in [1.82, 2.24) is 9.97 Å². The first-order chi connectivity index (χ1) is 18.6. The lowest BCUT2D eigenvalue weighted by molar-refractivity contribution is -0.121. The van der Waals surface area contributed by atoms with E-state index in [1.165, 1.54) is 18.6 Å². The van der Waals surface area contributed by atoms with Crippen molar-refractivity contribution in [2.75, 3.05) is 25.7 Å². The number of nitrogens with one attached hydrogen (secondary N) is 1. The molecule has 2 aliphatic heterocycles. The minimum absolute atomic E-state index is 0.215. The van der Waals surface area contributed by atoms with Crippen LogP contribution in [0.15, 0.2) is 46.8 Å². The summed E-state index contributed by atoms with van der Waals surface area (Å²) in [5, 5.41) is 9.93. The minimum atomic E-state index is -2.46. The van der Waals surface area contributed by atoms with Crippen LogP contribution in [0.3, 0.4) is 0 Å². The molecule has 2 N–H and O–H groups in total. The minimum Gasteiger partial charge on any atom is -0.470 e. The van der Waals surface area contributed by atoms with Crippen LogP contribution < -0.4 is 4.74 Å². The Kier molecular flexibility index (Phi) is 6.78. The van der Waals surface area contributed by atoms with Crippen LogP contribution in [0.25, 0.3) is 27.9 Å². The Morgan fingerprint density at radius 2 is 1.90 bits per heavy atom. The number of ether oxygens (including phenoxy) is 3. The highest BCUT2D eigenvalue weighted by atomic mass is 32.2. The van der Waals surface area contributed by atoms with Gasteiger partial charge in [-0.2, -0.15) is 4.36 Å². The van der Waals surface area contributed by atoms with Crippen LogP contribution in [0.1, 0.15) is 24.8 Å². The van der Waals surface area contributed by atoms with Crippen LogP contribution in [0.4, 0.5) is 4.39 Å². The zero-order valence-electron chi connectivity index (χ0n) is 21.6. The Balaban J connectivity index is 1.16. The summed E-state index contributed by atoms with van der Waals surface area (Å²) < 4.78 is 48.0. The molecule has 9 nitrogen and oxygen atoms in total. The number of hydrogen-bond donors (Lipinski definition) is 2. The van der Waals surface area contributed by atoms with E-state index in [2.05, 4.69) is 14.3 Å². The van der Waals surface area contributed by atoms with Gasteiger partial charge in [0.2, 0.25) is 0 Å².